The van der Waals surface area contributed by atoms with Crippen molar-refractivity contribution in [2.45, 2.75) is 12.5 Å². The van der Waals surface area contributed by atoms with Crippen LogP contribution in [0, 0.1) is 5.92 Å². The Morgan fingerprint density at radius 1 is 1.48 bits per heavy atom. The number of carbonyl (C=O) groups is 2. The molecule has 2 aliphatic heterocycles. The summed E-state index contributed by atoms with van der Waals surface area (Å²) < 4.78 is 1.51. The van der Waals surface area contributed by atoms with Gasteiger partial charge >= 0.3 is 12.0 Å². The van der Waals surface area contributed by atoms with Crippen LogP contribution >= 0.6 is 11.8 Å². The molecular formula is C12H17N5O3S. The highest BCUT2D eigenvalue weighted by Crippen LogP contribution is 2.23. The van der Waals surface area contributed by atoms with Crippen LogP contribution in [0.5, 0.6) is 0 Å². The number of hydrogen-bond donors (Lipinski definition) is 2. The van der Waals surface area contributed by atoms with Gasteiger partial charge in [-0.3, -0.25) is 0 Å². The molecule has 3 rings (SSSR count). The van der Waals surface area contributed by atoms with E-state index in [2.05, 4.69) is 15.6 Å². The summed E-state index contributed by atoms with van der Waals surface area (Å²) in [7, 11) is 0. The first-order chi connectivity index (χ1) is 10.1. The lowest BCUT2D eigenvalue weighted by Gasteiger charge is -2.38. The summed E-state index contributed by atoms with van der Waals surface area (Å²) in [6, 6.07) is -0.0416. The van der Waals surface area contributed by atoms with Crippen molar-refractivity contribution in [3.05, 3.63) is 11.9 Å². The van der Waals surface area contributed by atoms with E-state index in [4.69, 9.17) is 5.11 Å². The van der Waals surface area contributed by atoms with E-state index in [1.807, 2.05) is 11.8 Å². The minimum absolute atomic E-state index is 0.0124. The fourth-order valence-electron chi connectivity index (χ4n) is 2.43. The van der Waals surface area contributed by atoms with Crippen LogP contribution in [-0.2, 0) is 0 Å². The Balaban J connectivity index is 1.43. The molecular weight excluding hydrogens is 294 g/mol. The van der Waals surface area contributed by atoms with E-state index in [9.17, 15) is 9.59 Å². The molecule has 2 N–H and O–H groups in total. The van der Waals surface area contributed by atoms with E-state index in [0.717, 1.165) is 12.3 Å². The van der Waals surface area contributed by atoms with E-state index >= 15 is 0 Å². The number of nitrogens with zero attached hydrogens (tertiary/aromatic N) is 4. The first-order valence-corrected chi connectivity index (χ1v) is 8.04. The summed E-state index contributed by atoms with van der Waals surface area (Å²) in [5, 5.41) is 19.1. The van der Waals surface area contributed by atoms with Gasteiger partial charge in [-0.15, -0.1) is 5.10 Å². The highest BCUT2D eigenvalue weighted by Gasteiger charge is 2.33. The Hall–Kier alpha value is -1.77. The number of amides is 2. The molecule has 0 aromatic carbocycles. The zero-order valence-corrected chi connectivity index (χ0v) is 12.3. The molecule has 2 aliphatic rings. The number of rotatable bonds is 4. The van der Waals surface area contributed by atoms with Crippen molar-refractivity contribution < 1.29 is 14.7 Å². The number of likely N-dealkylation sites (tertiary alicyclic amines) is 1. The molecule has 9 heteroatoms. The molecule has 2 amide bonds. The molecule has 8 nitrogen and oxygen atoms in total. The molecule has 1 atom stereocenters. The van der Waals surface area contributed by atoms with E-state index in [0.29, 0.717) is 19.0 Å². The minimum Gasteiger partial charge on any atom is -0.476 e. The number of nitrogens with one attached hydrogen (secondary N) is 1. The molecule has 2 saturated heterocycles. The van der Waals surface area contributed by atoms with Crippen molar-refractivity contribution in [1.82, 2.24) is 25.2 Å². The van der Waals surface area contributed by atoms with Gasteiger partial charge in [-0.1, -0.05) is 5.21 Å². The maximum atomic E-state index is 11.9. The molecule has 2 fully saturated rings. The van der Waals surface area contributed by atoms with Crippen LogP contribution in [0.4, 0.5) is 4.79 Å². The standard InChI is InChI=1S/C12H17N5O3S/c18-11(19)10-6-17(15-14-10)9-4-16(5-9)12(20)13-3-8-1-2-21-7-8/h6,8-9H,1-5,7H2,(H,13,20)(H,18,19). The average molecular weight is 311 g/mol. The van der Waals surface area contributed by atoms with Gasteiger partial charge in [0, 0.05) is 19.6 Å². The molecule has 1 aromatic rings. The fraction of sp³-hybridized carbons (Fsp3) is 0.667. The van der Waals surface area contributed by atoms with Gasteiger partial charge in [0.05, 0.1) is 12.2 Å². The Morgan fingerprint density at radius 2 is 2.29 bits per heavy atom. The summed E-state index contributed by atoms with van der Waals surface area (Å²) in [6.45, 7) is 1.81. The van der Waals surface area contributed by atoms with Gasteiger partial charge in [0.25, 0.3) is 0 Å². The van der Waals surface area contributed by atoms with Crippen LogP contribution in [0.2, 0.25) is 0 Å². The topological polar surface area (TPSA) is 100 Å². The second kappa shape index (κ2) is 5.92. The van der Waals surface area contributed by atoms with Crippen molar-refractivity contribution in [3.8, 4) is 0 Å². The molecule has 1 unspecified atom stereocenters. The first kappa shape index (κ1) is 14.2. The summed E-state index contributed by atoms with van der Waals surface area (Å²) in [4.78, 5) is 24.4. The molecule has 3 heterocycles. The Morgan fingerprint density at radius 3 is 2.90 bits per heavy atom. The molecule has 0 bridgehead atoms. The summed E-state index contributed by atoms with van der Waals surface area (Å²) in [5.74, 6) is 1.80. The third-order valence-corrected chi connectivity index (χ3v) is 5.05. The third kappa shape index (κ3) is 3.12. The lowest BCUT2D eigenvalue weighted by Crippen LogP contribution is -2.54. The number of urea groups is 1. The predicted molar refractivity (Wildman–Crippen MR) is 76.4 cm³/mol. The van der Waals surface area contributed by atoms with E-state index in [-0.39, 0.29) is 17.8 Å². The summed E-state index contributed by atoms with van der Waals surface area (Å²) in [6.07, 6.45) is 2.57. The largest absolute Gasteiger partial charge is 0.476 e. The van der Waals surface area contributed by atoms with Crippen molar-refractivity contribution in [1.29, 1.82) is 0 Å². The first-order valence-electron chi connectivity index (χ1n) is 6.89. The molecule has 114 valence electrons. The third-order valence-electron chi connectivity index (χ3n) is 3.82. The SMILES string of the molecule is O=C(O)c1cn(C2CN(C(=O)NCC3CCSC3)C2)nn1. The van der Waals surface area contributed by atoms with Crippen molar-refractivity contribution in [3.63, 3.8) is 0 Å². The van der Waals surface area contributed by atoms with Crippen LogP contribution in [0.3, 0.4) is 0 Å². The second-order valence-corrected chi connectivity index (χ2v) is 6.51. The van der Waals surface area contributed by atoms with Crippen molar-refractivity contribution in [2.24, 2.45) is 5.92 Å². The number of hydrogen-bond acceptors (Lipinski definition) is 5. The van der Waals surface area contributed by atoms with E-state index < -0.39 is 5.97 Å². The number of aromatic nitrogens is 3. The maximum absolute atomic E-state index is 11.9. The quantitative estimate of drug-likeness (QED) is 0.829. The number of carbonyl (C=O) groups excluding carboxylic acids is 1. The van der Waals surface area contributed by atoms with E-state index in [1.54, 1.807) is 4.90 Å². The van der Waals surface area contributed by atoms with Gasteiger partial charge in [0.1, 0.15) is 0 Å². The molecule has 0 saturated carbocycles. The summed E-state index contributed by atoms with van der Waals surface area (Å²) in [5.41, 5.74) is -0.0726. The zero-order chi connectivity index (χ0) is 14.8. The van der Waals surface area contributed by atoms with Gasteiger partial charge in [0.15, 0.2) is 5.69 Å². The maximum Gasteiger partial charge on any atom is 0.358 e. The fourth-order valence-corrected chi connectivity index (χ4v) is 3.71. The van der Waals surface area contributed by atoms with E-state index in [1.165, 1.54) is 23.1 Å². The molecule has 0 radical (unpaired) electrons. The van der Waals surface area contributed by atoms with Gasteiger partial charge < -0.3 is 15.3 Å². The zero-order valence-electron chi connectivity index (χ0n) is 11.4. The average Bonchev–Trinajstić information content (AvgIpc) is 3.06. The lowest BCUT2D eigenvalue weighted by atomic mass is 10.1. The monoisotopic (exact) mass is 311 g/mol. The van der Waals surface area contributed by atoms with Crippen molar-refractivity contribution >= 4 is 23.8 Å². The predicted octanol–water partition coefficient (Wildman–Crippen LogP) is 0.296. The highest BCUT2D eigenvalue weighted by molar-refractivity contribution is 7.99. The minimum atomic E-state index is -1.09. The Kier molecular flexibility index (Phi) is 4.00. The lowest BCUT2D eigenvalue weighted by molar-refractivity contribution is 0.0690. The summed E-state index contributed by atoms with van der Waals surface area (Å²) >= 11 is 1.93. The molecule has 21 heavy (non-hydrogen) atoms. The number of thioether (sulfide) groups is 1. The van der Waals surface area contributed by atoms with Crippen molar-refractivity contribution in [2.75, 3.05) is 31.1 Å². The molecule has 0 aliphatic carbocycles. The van der Waals surface area contributed by atoms with Crippen LogP contribution in [-0.4, -0.2) is 68.1 Å². The smallest absolute Gasteiger partial charge is 0.358 e. The Labute approximate surface area is 125 Å². The van der Waals surface area contributed by atoms with Gasteiger partial charge in [-0.2, -0.15) is 11.8 Å². The molecule has 0 spiro atoms. The van der Waals surface area contributed by atoms with Crippen LogP contribution in [0.15, 0.2) is 6.20 Å². The number of aromatic carboxylic acids is 1. The van der Waals surface area contributed by atoms with Crippen LogP contribution < -0.4 is 5.32 Å². The number of carboxylic acid groups (broad SMARTS) is 1. The van der Waals surface area contributed by atoms with Crippen LogP contribution in [0.1, 0.15) is 23.0 Å². The molecule has 1 aromatic heterocycles. The highest BCUT2D eigenvalue weighted by atomic mass is 32.2. The number of carboxylic acids is 1. The second-order valence-electron chi connectivity index (χ2n) is 5.36. The van der Waals surface area contributed by atoms with Gasteiger partial charge in [0.2, 0.25) is 0 Å². The Bertz CT molecular complexity index is 537. The van der Waals surface area contributed by atoms with Crippen LogP contribution in [0.25, 0.3) is 0 Å². The normalized spacial score (nSPS) is 22.1. The van der Waals surface area contributed by atoms with Gasteiger partial charge in [-0.05, 0) is 23.8 Å². The van der Waals surface area contributed by atoms with Gasteiger partial charge in [-0.25, -0.2) is 14.3 Å².